The Morgan fingerprint density at radius 3 is 2.65 bits per heavy atom. The molecule has 0 amide bonds. The highest BCUT2D eigenvalue weighted by Gasteiger charge is 2.20. The number of rotatable bonds is 2. The lowest BCUT2D eigenvalue weighted by molar-refractivity contribution is 0.174. The molecule has 1 aromatic carbocycles. The lowest BCUT2D eigenvalue weighted by Crippen LogP contribution is -2.33. The van der Waals surface area contributed by atoms with Gasteiger partial charge >= 0.3 is 0 Å². The molecule has 3 rings (SSSR count). The summed E-state index contributed by atoms with van der Waals surface area (Å²) in [5.74, 6) is 1.75. The zero-order valence-corrected chi connectivity index (χ0v) is 10.3. The fourth-order valence-electron chi connectivity index (χ4n) is 2.78. The third-order valence-corrected chi connectivity index (χ3v) is 3.89. The third kappa shape index (κ3) is 2.06. The fourth-order valence-corrected chi connectivity index (χ4v) is 2.78. The van der Waals surface area contributed by atoms with E-state index in [0.29, 0.717) is 12.8 Å². The molecule has 1 saturated carbocycles. The van der Waals surface area contributed by atoms with Crippen LogP contribution < -0.4 is 14.4 Å². The molecule has 0 saturated heterocycles. The Hall–Kier alpha value is -1.38. The average molecular weight is 233 g/mol. The van der Waals surface area contributed by atoms with E-state index < -0.39 is 0 Å². The topological polar surface area (TPSA) is 21.7 Å². The second-order valence-corrected chi connectivity index (χ2v) is 4.94. The fraction of sp³-hybridized carbons (Fsp3) is 0.571. The smallest absolute Gasteiger partial charge is 0.231 e. The van der Waals surface area contributed by atoms with E-state index in [0.717, 1.165) is 11.5 Å². The Balaban J connectivity index is 1.78. The molecule has 2 aliphatic rings. The number of nitrogens with zero attached hydrogens (tertiary/aromatic N) is 1. The van der Waals surface area contributed by atoms with Crippen molar-refractivity contribution in [3.63, 3.8) is 0 Å². The summed E-state index contributed by atoms with van der Waals surface area (Å²) in [5, 5.41) is 0. The largest absolute Gasteiger partial charge is 0.454 e. The molecule has 0 N–H and O–H groups in total. The summed E-state index contributed by atoms with van der Waals surface area (Å²) in [6.07, 6.45) is 6.74. The van der Waals surface area contributed by atoms with Crippen molar-refractivity contribution in [2.45, 2.75) is 38.1 Å². The Morgan fingerprint density at radius 1 is 1.06 bits per heavy atom. The summed E-state index contributed by atoms with van der Waals surface area (Å²) >= 11 is 0. The molecule has 0 spiro atoms. The second-order valence-electron chi connectivity index (χ2n) is 4.94. The number of benzene rings is 1. The van der Waals surface area contributed by atoms with Crippen molar-refractivity contribution < 1.29 is 9.47 Å². The molecule has 1 aliphatic carbocycles. The van der Waals surface area contributed by atoms with Crippen molar-refractivity contribution in [2.75, 3.05) is 18.7 Å². The van der Waals surface area contributed by atoms with E-state index in [1.165, 1.54) is 37.8 Å². The van der Waals surface area contributed by atoms with Gasteiger partial charge in [-0.3, -0.25) is 0 Å². The number of ether oxygens (including phenoxy) is 2. The quantitative estimate of drug-likeness (QED) is 0.783. The summed E-state index contributed by atoms with van der Waals surface area (Å²) in [6.45, 7) is 0.353. The number of hydrogen-bond donors (Lipinski definition) is 0. The van der Waals surface area contributed by atoms with E-state index in [2.05, 4.69) is 24.1 Å². The molecule has 0 unspecified atom stereocenters. The first-order valence-corrected chi connectivity index (χ1v) is 6.47. The van der Waals surface area contributed by atoms with Gasteiger partial charge in [-0.2, -0.15) is 0 Å². The van der Waals surface area contributed by atoms with Gasteiger partial charge in [0.2, 0.25) is 6.79 Å². The van der Waals surface area contributed by atoms with Gasteiger partial charge in [-0.05, 0) is 25.0 Å². The van der Waals surface area contributed by atoms with Crippen molar-refractivity contribution in [1.29, 1.82) is 0 Å². The van der Waals surface area contributed by atoms with Gasteiger partial charge in [0.25, 0.3) is 0 Å². The molecule has 1 aliphatic heterocycles. The molecule has 3 nitrogen and oxygen atoms in total. The molecule has 0 atom stereocenters. The van der Waals surface area contributed by atoms with Crippen LogP contribution in [0.15, 0.2) is 18.2 Å². The van der Waals surface area contributed by atoms with Gasteiger partial charge in [0.1, 0.15) is 0 Å². The van der Waals surface area contributed by atoms with Crippen LogP contribution in [-0.4, -0.2) is 19.9 Å². The molecular weight excluding hydrogens is 214 g/mol. The lowest BCUT2D eigenvalue weighted by atomic mass is 9.94. The minimum Gasteiger partial charge on any atom is -0.454 e. The average Bonchev–Trinajstić information content (AvgIpc) is 2.86. The highest BCUT2D eigenvalue weighted by atomic mass is 16.7. The normalized spacial score (nSPS) is 19.4. The first kappa shape index (κ1) is 10.8. The van der Waals surface area contributed by atoms with Crippen LogP contribution in [0.25, 0.3) is 0 Å². The van der Waals surface area contributed by atoms with E-state index >= 15 is 0 Å². The second kappa shape index (κ2) is 4.47. The molecule has 1 heterocycles. The molecule has 1 fully saturated rings. The van der Waals surface area contributed by atoms with E-state index in [1.807, 2.05) is 6.07 Å². The van der Waals surface area contributed by atoms with Crippen LogP contribution in [0.2, 0.25) is 0 Å². The summed E-state index contributed by atoms with van der Waals surface area (Å²) in [6, 6.07) is 6.92. The lowest BCUT2D eigenvalue weighted by Gasteiger charge is -2.33. The molecule has 0 bridgehead atoms. The SMILES string of the molecule is CN(c1ccc2c(c1)OCO2)C1CCCCC1. The predicted molar refractivity (Wildman–Crippen MR) is 67.8 cm³/mol. The number of hydrogen-bond acceptors (Lipinski definition) is 3. The van der Waals surface area contributed by atoms with Crippen molar-refractivity contribution in [3.8, 4) is 11.5 Å². The van der Waals surface area contributed by atoms with Crippen molar-refractivity contribution >= 4 is 5.69 Å². The summed E-state index contributed by atoms with van der Waals surface area (Å²) in [5.41, 5.74) is 1.24. The molecule has 1 aromatic rings. The van der Waals surface area contributed by atoms with E-state index in [9.17, 15) is 0 Å². The summed E-state index contributed by atoms with van der Waals surface area (Å²) < 4.78 is 10.8. The van der Waals surface area contributed by atoms with Gasteiger partial charge in [-0.1, -0.05) is 19.3 Å². The van der Waals surface area contributed by atoms with Gasteiger partial charge in [0.15, 0.2) is 11.5 Å². The minimum absolute atomic E-state index is 0.353. The van der Waals surface area contributed by atoms with Crippen LogP contribution in [0, 0.1) is 0 Å². The first-order chi connectivity index (χ1) is 8.34. The zero-order valence-electron chi connectivity index (χ0n) is 10.3. The molecular formula is C14H19NO2. The Morgan fingerprint density at radius 2 is 1.82 bits per heavy atom. The third-order valence-electron chi connectivity index (χ3n) is 3.89. The zero-order chi connectivity index (χ0) is 11.7. The maximum absolute atomic E-state index is 5.43. The van der Waals surface area contributed by atoms with Gasteiger partial charge < -0.3 is 14.4 Å². The summed E-state index contributed by atoms with van der Waals surface area (Å²) in [7, 11) is 2.19. The minimum atomic E-state index is 0.353. The number of anilines is 1. The van der Waals surface area contributed by atoms with Gasteiger partial charge in [-0.15, -0.1) is 0 Å². The molecule has 17 heavy (non-hydrogen) atoms. The Labute approximate surface area is 102 Å². The first-order valence-electron chi connectivity index (χ1n) is 6.47. The van der Waals surface area contributed by atoms with Crippen molar-refractivity contribution in [1.82, 2.24) is 0 Å². The van der Waals surface area contributed by atoms with Crippen LogP contribution in [0.3, 0.4) is 0 Å². The Bertz CT molecular complexity index is 399. The van der Waals surface area contributed by atoms with Crippen LogP contribution in [0.5, 0.6) is 11.5 Å². The van der Waals surface area contributed by atoms with Crippen LogP contribution in [-0.2, 0) is 0 Å². The van der Waals surface area contributed by atoms with Crippen LogP contribution in [0.1, 0.15) is 32.1 Å². The van der Waals surface area contributed by atoms with Gasteiger partial charge in [0, 0.05) is 24.8 Å². The van der Waals surface area contributed by atoms with Crippen LogP contribution in [0.4, 0.5) is 5.69 Å². The van der Waals surface area contributed by atoms with Crippen molar-refractivity contribution in [3.05, 3.63) is 18.2 Å². The van der Waals surface area contributed by atoms with Crippen molar-refractivity contribution in [2.24, 2.45) is 0 Å². The molecule has 3 heteroatoms. The maximum Gasteiger partial charge on any atom is 0.231 e. The maximum atomic E-state index is 5.43. The summed E-state index contributed by atoms with van der Waals surface area (Å²) in [4.78, 5) is 2.39. The highest BCUT2D eigenvalue weighted by molar-refractivity contribution is 5.57. The number of fused-ring (bicyclic) bond motifs is 1. The van der Waals surface area contributed by atoms with E-state index in [-0.39, 0.29) is 0 Å². The van der Waals surface area contributed by atoms with E-state index in [1.54, 1.807) is 0 Å². The predicted octanol–water partition coefficient (Wildman–Crippen LogP) is 3.18. The van der Waals surface area contributed by atoms with Gasteiger partial charge in [0.05, 0.1) is 0 Å². The Kier molecular flexibility index (Phi) is 2.83. The molecule has 0 aromatic heterocycles. The van der Waals surface area contributed by atoms with E-state index in [4.69, 9.17) is 9.47 Å². The standard InChI is InChI=1S/C14H19NO2/c1-15(11-5-3-2-4-6-11)12-7-8-13-14(9-12)17-10-16-13/h7-9,11H,2-6,10H2,1H3. The van der Waals surface area contributed by atoms with Crippen LogP contribution >= 0.6 is 0 Å². The monoisotopic (exact) mass is 233 g/mol. The highest BCUT2D eigenvalue weighted by Crippen LogP contribution is 2.36. The van der Waals surface area contributed by atoms with Gasteiger partial charge in [-0.25, -0.2) is 0 Å². The molecule has 92 valence electrons. The molecule has 0 radical (unpaired) electrons.